The van der Waals surface area contributed by atoms with Crippen molar-refractivity contribution >= 4 is 17.7 Å². The zero-order chi connectivity index (χ0) is 12.7. The van der Waals surface area contributed by atoms with E-state index in [9.17, 15) is 0 Å². The van der Waals surface area contributed by atoms with Gasteiger partial charge in [-0.2, -0.15) is 11.8 Å². The maximum Gasteiger partial charge on any atom is 0.203 e. The van der Waals surface area contributed by atoms with E-state index in [2.05, 4.69) is 35.0 Å². The highest BCUT2D eigenvalue weighted by Gasteiger charge is 2.07. The summed E-state index contributed by atoms with van der Waals surface area (Å²) in [5, 5.41) is 4.04. The summed E-state index contributed by atoms with van der Waals surface area (Å²) >= 11 is 1.90. The van der Waals surface area contributed by atoms with Crippen molar-refractivity contribution in [2.45, 2.75) is 38.1 Å². The van der Waals surface area contributed by atoms with Gasteiger partial charge in [0, 0.05) is 37.3 Å². The van der Waals surface area contributed by atoms with Crippen LogP contribution in [0.2, 0.25) is 0 Å². The molecule has 0 radical (unpaired) electrons. The maximum absolute atomic E-state index is 5.10. The van der Waals surface area contributed by atoms with Crippen molar-refractivity contribution in [3.05, 3.63) is 12.4 Å². The number of methoxy groups -OCH3 is 1. The number of hydrogen-bond acceptors (Lipinski definition) is 4. The van der Waals surface area contributed by atoms with E-state index >= 15 is 0 Å². The molecule has 0 amide bonds. The van der Waals surface area contributed by atoms with Gasteiger partial charge in [0.05, 0.1) is 6.61 Å². The largest absolute Gasteiger partial charge is 0.383 e. The number of nitrogens with one attached hydrogen (secondary N) is 1. The molecule has 1 rings (SSSR count). The second-order valence-electron chi connectivity index (χ2n) is 4.28. The molecule has 2 atom stereocenters. The van der Waals surface area contributed by atoms with E-state index in [1.807, 2.05) is 24.2 Å². The van der Waals surface area contributed by atoms with Crippen LogP contribution < -0.4 is 5.32 Å². The molecule has 4 nitrogen and oxygen atoms in total. The van der Waals surface area contributed by atoms with Crippen LogP contribution in [0, 0.1) is 0 Å². The number of nitrogens with zero attached hydrogens (tertiary/aromatic N) is 2. The fraction of sp³-hybridized carbons (Fsp3) is 0.750. The number of aromatic nitrogens is 2. The first-order chi connectivity index (χ1) is 8.17. The second kappa shape index (κ2) is 7.61. The summed E-state index contributed by atoms with van der Waals surface area (Å²) in [5.41, 5.74) is 0. The van der Waals surface area contributed by atoms with E-state index < -0.39 is 0 Å². The number of imidazole rings is 1. The van der Waals surface area contributed by atoms with Gasteiger partial charge in [0.25, 0.3) is 0 Å². The van der Waals surface area contributed by atoms with Gasteiger partial charge < -0.3 is 14.6 Å². The molecule has 2 unspecified atom stereocenters. The Labute approximate surface area is 108 Å². The van der Waals surface area contributed by atoms with Gasteiger partial charge >= 0.3 is 0 Å². The monoisotopic (exact) mass is 257 g/mol. The van der Waals surface area contributed by atoms with Crippen molar-refractivity contribution in [3.8, 4) is 0 Å². The van der Waals surface area contributed by atoms with Gasteiger partial charge in [0.15, 0.2) is 0 Å². The molecular weight excluding hydrogens is 234 g/mol. The van der Waals surface area contributed by atoms with E-state index in [4.69, 9.17) is 4.74 Å². The van der Waals surface area contributed by atoms with Crippen LogP contribution in [-0.2, 0) is 11.3 Å². The summed E-state index contributed by atoms with van der Waals surface area (Å²) in [7, 11) is 1.71. The standard InChI is InChI=1S/C12H23N3OS/c1-10(9-16-3)14-12-13-6-8-15(12)7-5-11(2)17-4/h6,8,10-11H,5,7,9H2,1-4H3,(H,13,14). The molecule has 98 valence electrons. The molecule has 0 saturated heterocycles. The van der Waals surface area contributed by atoms with Crippen molar-refractivity contribution in [3.63, 3.8) is 0 Å². The van der Waals surface area contributed by atoms with Gasteiger partial charge in [-0.1, -0.05) is 6.92 Å². The predicted octanol–water partition coefficient (Wildman–Crippen LogP) is 2.47. The van der Waals surface area contributed by atoms with Crippen LogP contribution in [0.25, 0.3) is 0 Å². The van der Waals surface area contributed by atoms with Crippen molar-refractivity contribution in [1.29, 1.82) is 0 Å². The topological polar surface area (TPSA) is 39.1 Å². The molecule has 0 aliphatic carbocycles. The summed E-state index contributed by atoms with van der Waals surface area (Å²) in [6.07, 6.45) is 7.17. The third-order valence-electron chi connectivity index (χ3n) is 2.69. The molecule has 0 aromatic carbocycles. The maximum atomic E-state index is 5.10. The molecule has 17 heavy (non-hydrogen) atoms. The Hall–Kier alpha value is -0.680. The van der Waals surface area contributed by atoms with Gasteiger partial charge in [-0.15, -0.1) is 0 Å². The molecule has 0 bridgehead atoms. The number of anilines is 1. The zero-order valence-electron chi connectivity index (χ0n) is 11.1. The lowest BCUT2D eigenvalue weighted by atomic mass is 10.3. The molecular formula is C12H23N3OS. The smallest absolute Gasteiger partial charge is 0.203 e. The highest BCUT2D eigenvalue weighted by molar-refractivity contribution is 7.99. The molecule has 5 heteroatoms. The third-order valence-corrected chi connectivity index (χ3v) is 3.73. The van der Waals surface area contributed by atoms with Crippen molar-refractivity contribution < 1.29 is 4.74 Å². The predicted molar refractivity (Wildman–Crippen MR) is 74.8 cm³/mol. The highest BCUT2D eigenvalue weighted by atomic mass is 32.2. The Morgan fingerprint density at radius 1 is 1.53 bits per heavy atom. The molecule has 1 aromatic rings. The Balaban J connectivity index is 2.47. The number of aryl methyl sites for hydroxylation is 1. The van der Waals surface area contributed by atoms with Gasteiger partial charge in [-0.05, 0) is 19.6 Å². The molecule has 0 saturated carbocycles. The average molecular weight is 257 g/mol. The minimum Gasteiger partial charge on any atom is -0.383 e. The number of ether oxygens (including phenoxy) is 1. The fourth-order valence-electron chi connectivity index (χ4n) is 1.58. The summed E-state index contributed by atoms with van der Waals surface area (Å²) in [4.78, 5) is 4.33. The summed E-state index contributed by atoms with van der Waals surface area (Å²) in [5.74, 6) is 0.933. The molecule has 1 heterocycles. The number of rotatable bonds is 8. The minimum absolute atomic E-state index is 0.277. The lowest BCUT2D eigenvalue weighted by Crippen LogP contribution is -2.23. The Kier molecular flexibility index (Phi) is 6.44. The van der Waals surface area contributed by atoms with E-state index in [0.717, 1.165) is 18.9 Å². The van der Waals surface area contributed by atoms with Crippen LogP contribution >= 0.6 is 11.8 Å². The van der Waals surface area contributed by atoms with Gasteiger partial charge in [0.1, 0.15) is 0 Å². The Morgan fingerprint density at radius 3 is 2.94 bits per heavy atom. The van der Waals surface area contributed by atoms with Crippen molar-refractivity contribution in [1.82, 2.24) is 9.55 Å². The van der Waals surface area contributed by atoms with Gasteiger partial charge in [0.2, 0.25) is 5.95 Å². The van der Waals surface area contributed by atoms with Crippen LogP contribution in [0.5, 0.6) is 0 Å². The quantitative estimate of drug-likeness (QED) is 0.776. The fourth-order valence-corrected chi connectivity index (χ4v) is 1.92. The first kappa shape index (κ1) is 14.4. The molecule has 0 aliphatic rings. The number of thioether (sulfide) groups is 1. The first-order valence-electron chi connectivity index (χ1n) is 5.96. The van der Waals surface area contributed by atoms with E-state index in [0.29, 0.717) is 11.9 Å². The van der Waals surface area contributed by atoms with E-state index in [-0.39, 0.29) is 6.04 Å². The van der Waals surface area contributed by atoms with Crippen molar-refractivity contribution in [2.75, 3.05) is 25.3 Å². The summed E-state index contributed by atoms with van der Waals surface area (Å²) in [6, 6.07) is 0.277. The minimum atomic E-state index is 0.277. The van der Waals surface area contributed by atoms with Gasteiger partial charge in [-0.3, -0.25) is 0 Å². The summed E-state index contributed by atoms with van der Waals surface area (Å²) < 4.78 is 7.27. The SMILES string of the molecule is COCC(C)Nc1nccn1CCC(C)SC. The number of hydrogen-bond donors (Lipinski definition) is 1. The van der Waals surface area contributed by atoms with Gasteiger partial charge in [-0.25, -0.2) is 4.98 Å². The molecule has 1 N–H and O–H groups in total. The Bertz CT molecular complexity index is 316. The van der Waals surface area contributed by atoms with Crippen LogP contribution in [-0.4, -0.2) is 40.8 Å². The highest BCUT2D eigenvalue weighted by Crippen LogP contribution is 2.13. The molecule has 0 fully saturated rings. The third kappa shape index (κ3) is 5.00. The van der Waals surface area contributed by atoms with Crippen molar-refractivity contribution in [2.24, 2.45) is 0 Å². The Morgan fingerprint density at radius 2 is 2.29 bits per heavy atom. The summed E-state index contributed by atoms with van der Waals surface area (Å²) in [6.45, 7) is 6.04. The van der Waals surface area contributed by atoms with Crippen LogP contribution in [0.4, 0.5) is 5.95 Å². The van der Waals surface area contributed by atoms with Crippen LogP contribution in [0.1, 0.15) is 20.3 Å². The first-order valence-corrected chi connectivity index (χ1v) is 7.25. The lowest BCUT2D eigenvalue weighted by Gasteiger charge is -2.16. The molecule has 0 spiro atoms. The van der Waals surface area contributed by atoms with Crippen LogP contribution in [0.3, 0.4) is 0 Å². The second-order valence-corrected chi connectivity index (χ2v) is 5.56. The lowest BCUT2D eigenvalue weighted by molar-refractivity contribution is 0.190. The normalized spacial score (nSPS) is 14.6. The zero-order valence-corrected chi connectivity index (χ0v) is 12.0. The van der Waals surface area contributed by atoms with E-state index in [1.54, 1.807) is 7.11 Å². The molecule has 1 aromatic heterocycles. The van der Waals surface area contributed by atoms with Crippen LogP contribution in [0.15, 0.2) is 12.4 Å². The molecule has 0 aliphatic heterocycles. The van der Waals surface area contributed by atoms with E-state index in [1.165, 1.54) is 0 Å². The average Bonchev–Trinajstić information content (AvgIpc) is 2.73.